The summed E-state index contributed by atoms with van der Waals surface area (Å²) in [7, 11) is 2.69. The van der Waals surface area contributed by atoms with Gasteiger partial charge in [0.15, 0.2) is 0 Å². The van der Waals surface area contributed by atoms with Crippen LogP contribution in [0.5, 0.6) is 0 Å². The molecule has 0 fully saturated rings. The highest BCUT2D eigenvalue weighted by molar-refractivity contribution is 7.16. The van der Waals surface area contributed by atoms with Crippen molar-refractivity contribution < 1.29 is 22.7 Å². The fraction of sp³-hybridized carbons (Fsp3) is 0.280. The molecular formula is C25H20F3N3O5S. The Labute approximate surface area is 210 Å². The van der Waals surface area contributed by atoms with Gasteiger partial charge in [-0.15, -0.1) is 0 Å². The number of rotatable bonds is 3. The molecule has 0 unspecified atom stereocenters. The Hall–Kier alpha value is -3.93. The number of fused-ring (bicyclic) bond motifs is 2. The number of alkyl halides is 3. The maximum Gasteiger partial charge on any atom is 0.416 e. The van der Waals surface area contributed by atoms with Crippen LogP contribution in [-0.4, -0.2) is 26.8 Å². The summed E-state index contributed by atoms with van der Waals surface area (Å²) in [6.07, 6.45) is -2.85. The highest BCUT2D eigenvalue weighted by Crippen LogP contribution is 2.40. The van der Waals surface area contributed by atoms with Gasteiger partial charge in [-0.25, -0.2) is 9.59 Å². The first kappa shape index (κ1) is 24.8. The van der Waals surface area contributed by atoms with Gasteiger partial charge < -0.3 is 9.30 Å². The van der Waals surface area contributed by atoms with Crippen LogP contribution in [0.3, 0.4) is 0 Å². The smallest absolute Gasteiger partial charge is 0.416 e. The van der Waals surface area contributed by atoms with Crippen molar-refractivity contribution >= 4 is 27.5 Å². The molecule has 1 atom stereocenters. The van der Waals surface area contributed by atoms with Crippen LogP contribution in [0.25, 0.3) is 15.9 Å². The molecule has 2 heterocycles. The first-order valence-electron chi connectivity index (χ1n) is 11.3. The fourth-order valence-electron chi connectivity index (χ4n) is 4.91. The van der Waals surface area contributed by atoms with Gasteiger partial charge in [-0.3, -0.25) is 18.7 Å². The minimum absolute atomic E-state index is 0.0306. The summed E-state index contributed by atoms with van der Waals surface area (Å²) >= 11 is 0.964. The monoisotopic (exact) mass is 531 g/mol. The summed E-state index contributed by atoms with van der Waals surface area (Å²) in [6.45, 7) is 0. The van der Waals surface area contributed by atoms with Crippen LogP contribution in [-0.2, 0) is 24.4 Å². The van der Waals surface area contributed by atoms with Crippen molar-refractivity contribution in [2.75, 3.05) is 7.11 Å². The van der Waals surface area contributed by atoms with Crippen molar-refractivity contribution in [2.24, 2.45) is 7.05 Å². The molecule has 0 saturated carbocycles. The molecule has 1 aliphatic rings. The normalized spacial score (nSPS) is 15.5. The second-order valence-corrected chi connectivity index (χ2v) is 9.71. The molecular weight excluding hydrogens is 511 g/mol. The van der Waals surface area contributed by atoms with Gasteiger partial charge in [0.2, 0.25) is 0 Å². The Kier molecular flexibility index (Phi) is 5.94. The number of halogens is 3. The van der Waals surface area contributed by atoms with Gasteiger partial charge in [-0.1, -0.05) is 23.5 Å². The number of thiazole rings is 1. The summed E-state index contributed by atoms with van der Waals surface area (Å²) in [5.41, 5.74) is -1.87. The van der Waals surface area contributed by atoms with Crippen LogP contribution in [0.15, 0.2) is 57.0 Å². The highest BCUT2D eigenvalue weighted by Gasteiger charge is 2.37. The molecule has 2 aromatic carbocycles. The molecule has 5 rings (SSSR count). The lowest BCUT2D eigenvalue weighted by molar-refractivity contribution is -0.138. The summed E-state index contributed by atoms with van der Waals surface area (Å²) in [5, 5.41) is 0. The van der Waals surface area contributed by atoms with Crippen LogP contribution in [0.4, 0.5) is 13.2 Å². The molecule has 0 bridgehead atoms. The summed E-state index contributed by atoms with van der Waals surface area (Å²) < 4.78 is 49.8. The van der Waals surface area contributed by atoms with Crippen LogP contribution in [0, 0.1) is 0 Å². The molecule has 0 saturated heterocycles. The molecule has 0 radical (unpaired) electrons. The third-order valence-electron chi connectivity index (χ3n) is 6.67. The van der Waals surface area contributed by atoms with E-state index in [2.05, 4.69) is 0 Å². The number of hydrogen-bond donors (Lipinski definition) is 0. The molecule has 0 spiro atoms. The second-order valence-electron chi connectivity index (χ2n) is 8.72. The number of methoxy groups -OCH3 is 1. The van der Waals surface area contributed by atoms with E-state index in [-0.39, 0.29) is 34.5 Å². The molecule has 192 valence electrons. The SMILES string of the molecule is COC(=O)c1cn(-c2ccc3c(c2)sc(=O)n3C)c(=O)n([C@H]2CCCc3c2cccc3C(F)(F)F)c1=O. The highest BCUT2D eigenvalue weighted by atomic mass is 32.1. The zero-order chi connectivity index (χ0) is 26.6. The Morgan fingerprint density at radius 3 is 2.59 bits per heavy atom. The predicted molar refractivity (Wildman–Crippen MR) is 131 cm³/mol. The average Bonchev–Trinajstić information content (AvgIpc) is 3.15. The lowest BCUT2D eigenvalue weighted by Crippen LogP contribution is -2.45. The number of aromatic nitrogens is 3. The Balaban J connectivity index is 1.79. The van der Waals surface area contributed by atoms with E-state index < -0.39 is 40.6 Å². The molecule has 2 aromatic heterocycles. The summed E-state index contributed by atoms with van der Waals surface area (Å²) in [5.74, 6) is -0.988. The van der Waals surface area contributed by atoms with E-state index in [4.69, 9.17) is 4.74 Å². The Bertz CT molecular complexity index is 1750. The lowest BCUT2D eigenvalue weighted by atomic mass is 9.84. The van der Waals surface area contributed by atoms with Gasteiger partial charge in [0, 0.05) is 13.2 Å². The third-order valence-corrected chi connectivity index (χ3v) is 7.67. The zero-order valence-electron chi connectivity index (χ0n) is 19.7. The molecule has 0 N–H and O–H groups in total. The number of esters is 1. The topological polar surface area (TPSA) is 92.3 Å². The maximum atomic E-state index is 13.7. The van der Waals surface area contributed by atoms with Crippen LogP contribution in [0.2, 0.25) is 0 Å². The van der Waals surface area contributed by atoms with Gasteiger partial charge in [-0.05, 0) is 54.7 Å². The average molecular weight is 532 g/mol. The van der Waals surface area contributed by atoms with Gasteiger partial charge >= 0.3 is 22.7 Å². The van der Waals surface area contributed by atoms with E-state index in [1.807, 2.05) is 0 Å². The van der Waals surface area contributed by atoms with E-state index in [1.165, 1.54) is 16.7 Å². The summed E-state index contributed by atoms with van der Waals surface area (Å²) in [6, 6.07) is 7.46. The van der Waals surface area contributed by atoms with Crippen molar-refractivity contribution in [1.82, 2.24) is 13.7 Å². The number of hydrogen-bond acceptors (Lipinski definition) is 6. The van der Waals surface area contributed by atoms with Crippen LogP contribution >= 0.6 is 11.3 Å². The predicted octanol–water partition coefficient (Wildman–Crippen LogP) is 3.64. The van der Waals surface area contributed by atoms with E-state index >= 15 is 0 Å². The van der Waals surface area contributed by atoms with Crippen molar-refractivity contribution in [3.8, 4) is 5.69 Å². The first-order chi connectivity index (χ1) is 17.5. The van der Waals surface area contributed by atoms with Crippen molar-refractivity contribution in [1.29, 1.82) is 0 Å². The number of carbonyl (C=O) groups is 1. The van der Waals surface area contributed by atoms with E-state index in [9.17, 15) is 32.3 Å². The molecule has 0 amide bonds. The van der Waals surface area contributed by atoms with Gasteiger partial charge in [0.25, 0.3) is 5.56 Å². The van der Waals surface area contributed by atoms with Crippen LogP contribution in [0.1, 0.15) is 45.9 Å². The minimum atomic E-state index is -4.60. The van der Waals surface area contributed by atoms with Crippen molar-refractivity contribution in [3.63, 3.8) is 0 Å². The third kappa shape index (κ3) is 4.01. The molecule has 0 aliphatic heterocycles. The number of benzene rings is 2. The molecule has 1 aliphatic carbocycles. The quantitative estimate of drug-likeness (QED) is 0.377. The molecule has 8 nitrogen and oxygen atoms in total. The fourth-order valence-corrected chi connectivity index (χ4v) is 5.82. The largest absolute Gasteiger partial charge is 0.465 e. The standard InChI is InChI=1S/C25H20F3N3O5S/c1-29-19-10-9-13(11-20(19)37-24(29)35)30-12-16(22(33)36-2)21(32)31(23(30)34)18-8-4-5-14-15(18)6-3-7-17(14)25(26,27)28/h3,6-7,9-12,18H,4-5,8H2,1-2H3/t18-/m0/s1. The molecule has 4 aromatic rings. The summed E-state index contributed by atoms with van der Waals surface area (Å²) in [4.78, 5) is 51.5. The Morgan fingerprint density at radius 2 is 1.89 bits per heavy atom. The van der Waals surface area contributed by atoms with Gasteiger partial charge in [0.05, 0.1) is 34.6 Å². The number of nitrogens with zero attached hydrogens (tertiary/aromatic N) is 3. The van der Waals surface area contributed by atoms with Crippen molar-refractivity contribution in [3.05, 3.63) is 95.4 Å². The van der Waals surface area contributed by atoms with E-state index in [0.29, 0.717) is 16.6 Å². The lowest BCUT2D eigenvalue weighted by Gasteiger charge is -2.29. The van der Waals surface area contributed by atoms with Crippen molar-refractivity contribution in [2.45, 2.75) is 31.5 Å². The van der Waals surface area contributed by atoms with E-state index in [1.54, 1.807) is 25.2 Å². The molecule has 12 heteroatoms. The van der Waals surface area contributed by atoms with E-state index in [0.717, 1.165) is 39.8 Å². The minimum Gasteiger partial charge on any atom is -0.465 e. The zero-order valence-corrected chi connectivity index (χ0v) is 20.5. The number of ether oxygens (including phenoxy) is 1. The molecule has 37 heavy (non-hydrogen) atoms. The van der Waals surface area contributed by atoms with Gasteiger partial charge in [0.1, 0.15) is 5.56 Å². The second kappa shape index (κ2) is 8.87. The van der Waals surface area contributed by atoms with Gasteiger partial charge in [-0.2, -0.15) is 13.2 Å². The first-order valence-corrected chi connectivity index (χ1v) is 12.1. The Morgan fingerprint density at radius 1 is 1.14 bits per heavy atom. The van der Waals surface area contributed by atoms with Crippen LogP contribution < -0.4 is 16.1 Å². The number of aryl methyl sites for hydroxylation is 1. The number of carbonyl (C=O) groups excluding carboxylic acids is 1. The maximum absolute atomic E-state index is 13.7.